The van der Waals surface area contributed by atoms with Crippen LogP contribution in [-0.4, -0.2) is 48.9 Å². The van der Waals surface area contributed by atoms with Gasteiger partial charge in [-0.3, -0.25) is 4.79 Å². The second-order valence-corrected chi connectivity index (χ2v) is 7.02. The fourth-order valence-corrected chi connectivity index (χ4v) is 3.26. The van der Waals surface area contributed by atoms with Gasteiger partial charge in [0.05, 0.1) is 0 Å². The number of nitrogens with two attached hydrogens (primary N) is 1. The van der Waals surface area contributed by atoms with E-state index in [2.05, 4.69) is 17.0 Å². The molecule has 1 aliphatic rings. The van der Waals surface area contributed by atoms with Crippen molar-refractivity contribution in [2.24, 2.45) is 11.7 Å². The molecule has 1 aromatic rings. The fourth-order valence-electron chi connectivity index (χ4n) is 3.26. The van der Waals surface area contributed by atoms with Crippen molar-refractivity contribution < 1.29 is 4.79 Å². The molecule has 1 aliphatic carbocycles. The summed E-state index contributed by atoms with van der Waals surface area (Å²) in [6.45, 7) is 2.34. The van der Waals surface area contributed by atoms with E-state index < -0.39 is 0 Å². The lowest BCUT2D eigenvalue weighted by Gasteiger charge is -2.31. The third-order valence-electron chi connectivity index (χ3n) is 4.79. The number of benzene rings is 1. The lowest BCUT2D eigenvalue weighted by Crippen LogP contribution is -2.40. The zero-order valence-corrected chi connectivity index (χ0v) is 14.6. The second kappa shape index (κ2) is 9.04. The average Bonchev–Trinajstić information content (AvgIpc) is 2.54. The van der Waals surface area contributed by atoms with E-state index in [1.165, 1.54) is 18.4 Å². The first-order valence-electron chi connectivity index (χ1n) is 8.78. The molecule has 1 amide bonds. The predicted octanol–water partition coefficient (Wildman–Crippen LogP) is 2.48. The Bertz CT molecular complexity index is 475. The molecule has 0 spiro atoms. The molecule has 2 unspecified atom stereocenters. The number of likely N-dealkylation sites (N-methyl/N-ethyl adjacent to an activating group) is 1. The summed E-state index contributed by atoms with van der Waals surface area (Å²) in [4.78, 5) is 16.9. The monoisotopic (exact) mass is 317 g/mol. The van der Waals surface area contributed by atoms with Crippen LogP contribution in [0.25, 0.3) is 0 Å². The quantitative estimate of drug-likeness (QED) is 0.840. The van der Waals surface area contributed by atoms with Gasteiger partial charge < -0.3 is 15.5 Å². The van der Waals surface area contributed by atoms with Crippen molar-refractivity contribution in [2.75, 3.05) is 27.2 Å². The van der Waals surface area contributed by atoms with Gasteiger partial charge >= 0.3 is 0 Å². The molecule has 0 aromatic heterocycles. The average molecular weight is 317 g/mol. The maximum Gasteiger partial charge on any atom is 0.223 e. The van der Waals surface area contributed by atoms with E-state index in [9.17, 15) is 4.79 Å². The van der Waals surface area contributed by atoms with Crippen LogP contribution in [0.4, 0.5) is 0 Å². The predicted molar refractivity (Wildman–Crippen MR) is 95.0 cm³/mol. The zero-order chi connectivity index (χ0) is 16.7. The summed E-state index contributed by atoms with van der Waals surface area (Å²) in [5.74, 6) is 0.604. The standard InChI is InChI=1S/C19H31N3O/c1-21(2)12-13-22(15-16-8-4-3-5-9-16)19(23)14-17-10-6-7-11-18(17)20/h3-5,8-9,17-18H,6-7,10-15,20H2,1-2H3. The van der Waals surface area contributed by atoms with E-state index >= 15 is 0 Å². The Hall–Kier alpha value is -1.39. The molecule has 128 valence electrons. The summed E-state index contributed by atoms with van der Waals surface area (Å²) in [7, 11) is 4.09. The van der Waals surface area contributed by atoms with Crippen LogP contribution in [0.5, 0.6) is 0 Å². The summed E-state index contributed by atoms with van der Waals surface area (Å²) in [6, 6.07) is 10.4. The molecule has 2 N–H and O–H groups in total. The molecular weight excluding hydrogens is 286 g/mol. The van der Waals surface area contributed by atoms with E-state index in [1.54, 1.807) is 0 Å². The van der Waals surface area contributed by atoms with E-state index in [4.69, 9.17) is 5.73 Å². The Morgan fingerprint density at radius 3 is 2.48 bits per heavy atom. The maximum atomic E-state index is 12.8. The summed E-state index contributed by atoms with van der Waals surface area (Å²) in [6.07, 6.45) is 5.18. The van der Waals surface area contributed by atoms with Gasteiger partial charge in [-0.05, 0) is 38.4 Å². The SMILES string of the molecule is CN(C)CCN(Cc1ccccc1)C(=O)CC1CCCCC1N. The van der Waals surface area contributed by atoms with Crippen molar-refractivity contribution in [3.8, 4) is 0 Å². The second-order valence-electron chi connectivity index (χ2n) is 7.02. The van der Waals surface area contributed by atoms with E-state index in [1.807, 2.05) is 37.2 Å². The van der Waals surface area contributed by atoms with Gasteiger partial charge in [-0.2, -0.15) is 0 Å². The van der Waals surface area contributed by atoms with Gasteiger partial charge in [0.1, 0.15) is 0 Å². The highest BCUT2D eigenvalue weighted by Gasteiger charge is 2.26. The molecule has 0 bridgehead atoms. The Labute approximate surface area is 140 Å². The Morgan fingerprint density at radius 2 is 1.83 bits per heavy atom. The van der Waals surface area contributed by atoms with Gasteiger partial charge in [0.15, 0.2) is 0 Å². The van der Waals surface area contributed by atoms with Crippen LogP contribution in [0.1, 0.15) is 37.7 Å². The molecule has 0 aliphatic heterocycles. The molecule has 0 heterocycles. The van der Waals surface area contributed by atoms with Crippen LogP contribution in [0.15, 0.2) is 30.3 Å². The third kappa shape index (κ3) is 5.96. The molecule has 23 heavy (non-hydrogen) atoms. The highest BCUT2D eigenvalue weighted by Crippen LogP contribution is 2.26. The van der Waals surface area contributed by atoms with E-state index in [0.717, 1.165) is 25.9 Å². The summed E-state index contributed by atoms with van der Waals surface area (Å²) in [5, 5.41) is 0. The van der Waals surface area contributed by atoms with Crippen LogP contribution in [-0.2, 0) is 11.3 Å². The van der Waals surface area contributed by atoms with E-state index in [0.29, 0.717) is 18.9 Å². The number of hydrogen-bond acceptors (Lipinski definition) is 3. The highest BCUT2D eigenvalue weighted by molar-refractivity contribution is 5.76. The normalized spacial score (nSPS) is 21.4. The van der Waals surface area contributed by atoms with Crippen molar-refractivity contribution in [1.82, 2.24) is 9.80 Å². The molecule has 1 fully saturated rings. The Kier molecular flexibility index (Phi) is 7.06. The molecule has 2 rings (SSSR count). The number of hydrogen-bond donors (Lipinski definition) is 1. The van der Waals surface area contributed by atoms with Crippen molar-refractivity contribution in [2.45, 2.75) is 44.7 Å². The molecule has 1 aromatic carbocycles. The first kappa shape index (κ1) is 18.0. The minimum absolute atomic E-state index is 0.195. The lowest BCUT2D eigenvalue weighted by molar-refractivity contribution is -0.133. The van der Waals surface area contributed by atoms with Gasteiger partial charge in [0.2, 0.25) is 5.91 Å². The fraction of sp³-hybridized carbons (Fsp3) is 0.632. The van der Waals surface area contributed by atoms with Crippen LogP contribution in [0.2, 0.25) is 0 Å². The zero-order valence-electron chi connectivity index (χ0n) is 14.6. The van der Waals surface area contributed by atoms with Gasteiger partial charge in [0, 0.05) is 32.1 Å². The summed E-state index contributed by atoms with van der Waals surface area (Å²) in [5.41, 5.74) is 7.41. The van der Waals surface area contributed by atoms with Crippen LogP contribution < -0.4 is 5.73 Å². The molecule has 4 heteroatoms. The topological polar surface area (TPSA) is 49.6 Å². The van der Waals surface area contributed by atoms with Crippen molar-refractivity contribution >= 4 is 5.91 Å². The van der Waals surface area contributed by atoms with Gasteiger partial charge in [0.25, 0.3) is 0 Å². The largest absolute Gasteiger partial charge is 0.337 e. The van der Waals surface area contributed by atoms with Gasteiger partial charge in [-0.1, -0.05) is 43.2 Å². The van der Waals surface area contributed by atoms with Crippen molar-refractivity contribution in [3.05, 3.63) is 35.9 Å². The van der Waals surface area contributed by atoms with Crippen LogP contribution >= 0.6 is 0 Å². The minimum Gasteiger partial charge on any atom is -0.337 e. The number of amides is 1. The van der Waals surface area contributed by atoms with Gasteiger partial charge in [-0.25, -0.2) is 0 Å². The molecular formula is C19H31N3O. The molecule has 1 saturated carbocycles. The van der Waals surface area contributed by atoms with Crippen molar-refractivity contribution in [3.63, 3.8) is 0 Å². The van der Waals surface area contributed by atoms with Crippen molar-refractivity contribution in [1.29, 1.82) is 0 Å². The van der Waals surface area contributed by atoms with Crippen LogP contribution in [0, 0.1) is 5.92 Å². The summed E-state index contributed by atoms with van der Waals surface area (Å²) < 4.78 is 0. The first-order chi connectivity index (χ1) is 11.1. The number of carbonyl (C=O) groups excluding carboxylic acids is 1. The molecule has 2 atom stereocenters. The first-order valence-corrected chi connectivity index (χ1v) is 8.78. The van der Waals surface area contributed by atoms with Gasteiger partial charge in [-0.15, -0.1) is 0 Å². The molecule has 0 radical (unpaired) electrons. The number of nitrogens with zero attached hydrogens (tertiary/aromatic N) is 2. The summed E-state index contributed by atoms with van der Waals surface area (Å²) >= 11 is 0. The Balaban J connectivity index is 1.98. The highest BCUT2D eigenvalue weighted by atomic mass is 16.2. The maximum absolute atomic E-state index is 12.8. The smallest absolute Gasteiger partial charge is 0.223 e. The Morgan fingerprint density at radius 1 is 1.13 bits per heavy atom. The number of carbonyl (C=O) groups is 1. The molecule has 4 nitrogen and oxygen atoms in total. The number of rotatable bonds is 7. The van der Waals surface area contributed by atoms with Crippen LogP contribution in [0.3, 0.4) is 0 Å². The molecule has 0 saturated heterocycles. The lowest BCUT2D eigenvalue weighted by atomic mass is 9.82. The third-order valence-corrected chi connectivity index (χ3v) is 4.79. The van der Waals surface area contributed by atoms with E-state index in [-0.39, 0.29) is 11.9 Å². The minimum atomic E-state index is 0.195.